The standard InChI is InChI=1S/C14H16BrFN2S/c1-7-4-8(2)12(10(16)5-7)13(18-17)11-6-9(3)14(15)19-11/h4-6,13,18H,17H2,1-3H3. The van der Waals surface area contributed by atoms with Gasteiger partial charge in [0.15, 0.2) is 0 Å². The number of rotatable bonds is 3. The summed E-state index contributed by atoms with van der Waals surface area (Å²) in [6.45, 7) is 5.80. The molecule has 0 aliphatic carbocycles. The second kappa shape index (κ2) is 5.71. The van der Waals surface area contributed by atoms with E-state index >= 15 is 0 Å². The first-order valence-electron chi connectivity index (χ1n) is 5.92. The van der Waals surface area contributed by atoms with Crippen LogP contribution < -0.4 is 11.3 Å². The molecular weight excluding hydrogens is 327 g/mol. The summed E-state index contributed by atoms with van der Waals surface area (Å²) in [7, 11) is 0. The van der Waals surface area contributed by atoms with Crippen molar-refractivity contribution in [3.8, 4) is 0 Å². The zero-order chi connectivity index (χ0) is 14.2. The second-order valence-corrected chi connectivity index (χ2v) is 7.08. The van der Waals surface area contributed by atoms with Gasteiger partial charge in [-0.15, -0.1) is 11.3 Å². The predicted molar refractivity (Wildman–Crippen MR) is 81.8 cm³/mol. The average molecular weight is 343 g/mol. The molecule has 1 atom stereocenters. The molecule has 1 aromatic carbocycles. The van der Waals surface area contributed by atoms with Crippen LogP contribution >= 0.6 is 27.3 Å². The smallest absolute Gasteiger partial charge is 0.128 e. The first kappa shape index (κ1) is 14.7. The average Bonchev–Trinajstić information content (AvgIpc) is 2.63. The zero-order valence-corrected chi connectivity index (χ0v) is 13.5. The van der Waals surface area contributed by atoms with Crippen LogP contribution in [0, 0.1) is 26.6 Å². The molecule has 0 aliphatic rings. The highest BCUT2D eigenvalue weighted by molar-refractivity contribution is 9.11. The quantitative estimate of drug-likeness (QED) is 0.650. The first-order valence-corrected chi connectivity index (χ1v) is 7.53. The number of aryl methyl sites for hydroxylation is 3. The topological polar surface area (TPSA) is 38.0 Å². The van der Waals surface area contributed by atoms with Crippen LogP contribution in [-0.2, 0) is 0 Å². The Bertz CT molecular complexity index is 567. The summed E-state index contributed by atoms with van der Waals surface area (Å²) in [6, 6.07) is 5.22. The van der Waals surface area contributed by atoms with Crippen LogP contribution in [0.3, 0.4) is 0 Å². The highest BCUT2D eigenvalue weighted by Gasteiger charge is 2.21. The number of nitrogens with one attached hydrogen (secondary N) is 1. The van der Waals surface area contributed by atoms with Crippen LogP contribution in [0.4, 0.5) is 4.39 Å². The van der Waals surface area contributed by atoms with E-state index in [1.165, 1.54) is 0 Å². The van der Waals surface area contributed by atoms with Gasteiger partial charge in [-0.1, -0.05) is 6.07 Å². The largest absolute Gasteiger partial charge is 0.271 e. The fraction of sp³-hybridized carbons (Fsp3) is 0.286. The number of hydrazine groups is 1. The minimum Gasteiger partial charge on any atom is -0.271 e. The first-order chi connectivity index (χ1) is 8.93. The maximum Gasteiger partial charge on any atom is 0.128 e. The van der Waals surface area contributed by atoms with E-state index in [0.717, 1.165) is 25.4 Å². The maximum absolute atomic E-state index is 14.2. The molecule has 1 unspecified atom stereocenters. The number of benzene rings is 1. The van der Waals surface area contributed by atoms with Gasteiger partial charge in [-0.3, -0.25) is 5.84 Å². The highest BCUT2D eigenvalue weighted by Crippen LogP contribution is 2.36. The molecule has 0 aliphatic heterocycles. The molecule has 0 bridgehead atoms. The van der Waals surface area contributed by atoms with E-state index in [1.807, 2.05) is 32.9 Å². The summed E-state index contributed by atoms with van der Waals surface area (Å²) >= 11 is 5.06. The van der Waals surface area contributed by atoms with Crippen LogP contribution in [0.1, 0.15) is 33.2 Å². The molecule has 0 fully saturated rings. The van der Waals surface area contributed by atoms with Crippen LogP contribution in [-0.4, -0.2) is 0 Å². The molecule has 1 aromatic heterocycles. The highest BCUT2D eigenvalue weighted by atomic mass is 79.9. The molecule has 2 aromatic rings. The van der Waals surface area contributed by atoms with Crippen molar-refractivity contribution >= 4 is 27.3 Å². The summed E-state index contributed by atoms with van der Waals surface area (Å²) in [5, 5.41) is 0. The summed E-state index contributed by atoms with van der Waals surface area (Å²) < 4.78 is 15.3. The molecule has 3 N–H and O–H groups in total. The van der Waals surface area contributed by atoms with Crippen molar-refractivity contribution in [2.45, 2.75) is 26.8 Å². The Morgan fingerprint density at radius 2 is 1.89 bits per heavy atom. The van der Waals surface area contributed by atoms with E-state index < -0.39 is 0 Å². The van der Waals surface area contributed by atoms with Crippen LogP contribution in [0.5, 0.6) is 0 Å². The van der Waals surface area contributed by atoms with Gasteiger partial charge in [0.25, 0.3) is 0 Å². The molecule has 102 valence electrons. The summed E-state index contributed by atoms with van der Waals surface area (Å²) in [6.07, 6.45) is 0. The van der Waals surface area contributed by atoms with Gasteiger partial charge < -0.3 is 0 Å². The third-order valence-corrected chi connectivity index (χ3v) is 5.30. The molecule has 0 radical (unpaired) electrons. The minimum absolute atomic E-state index is 0.220. The number of hydrogen-bond acceptors (Lipinski definition) is 3. The number of halogens is 2. The minimum atomic E-state index is -0.324. The van der Waals surface area contributed by atoms with E-state index in [1.54, 1.807) is 17.4 Å². The van der Waals surface area contributed by atoms with E-state index in [9.17, 15) is 4.39 Å². The Hall–Kier alpha value is -0.750. The fourth-order valence-electron chi connectivity index (χ4n) is 2.23. The summed E-state index contributed by atoms with van der Waals surface area (Å²) in [5.74, 6) is 5.43. The molecule has 0 amide bonds. The van der Waals surface area contributed by atoms with Gasteiger partial charge in [0.1, 0.15) is 5.82 Å². The SMILES string of the molecule is Cc1cc(C)c(C(NN)c2cc(C)c(Br)s2)c(F)c1. The molecule has 1 heterocycles. The normalized spacial score (nSPS) is 12.7. The van der Waals surface area contributed by atoms with E-state index in [-0.39, 0.29) is 11.9 Å². The second-order valence-electron chi connectivity index (χ2n) is 4.68. The third kappa shape index (κ3) is 2.89. The van der Waals surface area contributed by atoms with Gasteiger partial charge in [-0.05, 0) is 65.5 Å². The Morgan fingerprint density at radius 3 is 2.37 bits per heavy atom. The zero-order valence-electron chi connectivity index (χ0n) is 11.1. The monoisotopic (exact) mass is 342 g/mol. The van der Waals surface area contributed by atoms with Gasteiger partial charge in [0.2, 0.25) is 0 Å². The van der Waals surface area contributed by atoms with Crippen LogP contribution in [0.15, 0.2) is 22.0 Å². The van der Waals surface area contributed by atoms with Crippen molar-refractivity contribution in [2.75, 3.05) is 0 Å². The van der Waals surface area contributed by atoms with Gasteiger partial charge in [-0.2, -0.15) is 0 Å². The lowest BCUT2D eigenvalue weighted by atomic mass is 9.97. The van der Waals surface area contributed by atoms with Gasteiger partial charge in [0.05, 0.1) is 9.83 Å². The van der Waals surface area contributed by atoms with E-state index in [2.05, 4.69) is 21.4 Å². The molecule has 2 rings (SSSR count). The number of nitrogens with two attached hydrogens (primary N) is 1. The van der Waals surface area contributed by atoms with E-state index in [4.69, 9.17) is 5.84 Å². The van der Waals surface area contributed by atoms with Crippen LogP contribution in [0.2, 0.25) is 0 Å². The van der Waals surface area contributed by atoms with Crippen LogP contribution in [0.25, 0.3) is 0 Å². The summed E-state index contributed by atoms with van der Waals surface area (Å²) in [5.41, 5.74) is 6.29. The number of thiophene rings is 1. The fourth-order valence-corrected chi connectivity index (χ4v) is 3.87. The third-order valence-electron chi connectivity index (χ3n) is 3.10. The van der Waals surface area contributed by atoms with E-state index in [0.29, 0.717) is 5.56 Å². The van der Waals surface area contributed by atoms with Crippen molar-refractivity contribution in [1.82, 2.24) is 5.43 Å². The Labute approximate surface area is 124 Å². The molecule has 5 heteroatoms. The Kier molecular flexibility index (Phi) is 4.40. The Morgan fingerprint density at radius 1 is 1.21 bits per heavy atom. The molecule has 0 saturated carbocycles. The molecule has 19 heavy (non-hydrogen) atoms. The van der Waals surface area contributed by atoms with Crippen molar-refractivity contribution in [3.63, 3.8) is 0 Å². The van der Waals surface area contributed by atoms with Gasteiger partial charge >= 0.3 is 0 Å². The predicted octanol–water partition coefficient (Wildman–Crippen LogP) is 4.13. The lowest BCUT2D eigenvalue weighted by molar-refractivity contribution is 0.560. The number of hydrogen-bond donors (Lipinski definition) is 2. The van der Waals surface area contributed by atoms with Crippen molar-refractivity contribution < 1.29 is 4.39 Å². The van der Waals surface area contributed by atoms with Crippen molar-refractivity contribution in [1.29, 1.82) is 0 Å². The van der Waals surface area contributed by atoms with Gasteiger partial charge in [-0.25, -0.2) is 9.82 Å². The van der Waals surface area contributed by atoms with Gasteiger partial charge in [0, 0.05) is 10.4 Å². The lowest BCUT2D eigenvalue weighted by Crippen LogP contribution is -2.29. The maximum atomic E-state index is 14.2. The molecular formula is C14H16BrFN2S. The Balaban J connectivity index is 2.54. The molecule has 2 nitrogen and oxygen atoms in total. The van der Waals surface area contributed by atoms with Crippen molar-refractivity contribution in [2.24, 2.45) is 5.84 Å². The molecule has 0 saturated heterocycles. The summed E-state index contributed by atoms with van der Waals surface area (Å²) in [4.78, 5) is 0.998. The molecule has 0 spiro atoms. The lowest BCUT2D eigenvalue weighted by Gasteiger charge is -2.18. The van der Waals surface area contributed by atoms with Crippen molar-refractivity contribution in [3.05, 3.63) is 54.9 Å².